The van der Waals surface area contributed by atoms with Gasteiger partial charge in [-0.25, -0.2) is 9.07 Å². The van der Waals surface area contributed by atoms with Crippen molar-refractivity contribution < 1.29 is 9.50 Å². The van der Waals surface area contributed by atoms with Crippen molar-refractivity contribution in [1.82, 2.24) is 19.6 Å². The van der Waals surface area contributed by atoms with Crippen LogP contribution in [0.25, 0.3) is 5.69 Å². The van der Waals surface area contributed by atoms with Gasteiger partial charge in [-0.15, -0.1) is 0 Å². The number of hydrogen-bond donors (Lipinski definition) is 1. The van der Waals surface area contributed by atoms with Gasteiger partial charge >= 0.3 is 0 Å². The third-order valence-electron chi connectivity index (χ3n) is 6.84. The molecule has 1 saturated heterocycles. The Morgan fingerprint density at radius 3 is 2.40 bits per heavy atom. The van der Waals surface area contributed by atoms with Crippen molar-refractivity contribution in [3.63, 3.8) is 0 Å². The molecule has 35 heavy (non-hydrogen) atoms. The first-order valence-corrected chi connectivity index (χ1v) is 12.9. The quantitative estimate of drug-likeness (QED) is 0.451. The largest absolute Gasteiger partial charge is 0.508 e. The smallest absolute Gasteiger partial charge is 0.137 e. The van der Waals surface area contributed by atoms with Gasteiger partial charge in [0.15, 0.2) is 0 Å². The highest BCUT2D eigenvalue weighted by Gasteiger charge is 2.27. The molecule has 0 atom stereocenters. The van der Waals surface area contributed by atoms with Crippen molar-refractivity contribution in [2.24, 2.45) is 0 Å². The maximum atomic E-state index is 14.2. The number of piperazine rings is 1. The maximum absolute atomic E-state index is 14.2. The minimum Gasteiger partial charge on any atom is -0.508 e. The molecule has 0 saturated carbocycles. The number of halogens is 1. The van der Waals surface area contributed by atoms with Gasteiger partial charge in [0.25, 0.3) is 0 Å². The number of rotatable bonds is 10. The van der Waals surface area contributed by atoms with E-state index in [-0.39, 0.29) is 5.82 Å². The zero-order valence-corrected chi connectivity index (χ0v) is 21.3. The van der Waals surface area contributed by atoms with E-state index in [2.05, 4.69) is 41.5 Å². The molecule has 1 aliphatic rings. The Kier molecular flexibility index (Phi) is 8.42. The van der Waals surface area contributed by atoms with Crippen LogP contribution in [-0.2, 0) is 19.5 Å². The fraction of sp³-hybridized carbons (Fsp3) is 0.464. The predicted octanol–water partition coefficient (Wildman–Crippen LogP) is 4.83. The lowest BCUT2D eigenvalue weighted by Gasteiger charge is -2.36. The summed E-state index contributed by atoms with van der Waals surface area (Å²) < 4.78 is 16.2. The molecule has 0 bridgehead atoms. The summed E-state index contributed by atoms with van der Waals surface area (Å²) in [6, 6.07) is 14.2. The number of anilines is 1. The van der Waals surface area contributed by atoms with E-state index >= 15 is 0 Å². The minimum atomic E-state index is -0.252. The maximum Gasteiger partial charge on any atom is 0.137 e. The number of aryl methyl sites for hydroxylation is 1. The topological polar surface area (TPSA) is 47.8 Å². The molecule has 1 fully saturated rings. The molecule has 0 radical (unpaired) electrons. The monoisotopic (exact) mass is 479 g/mol. The summed E-state index contributed by atoms with van der Waals surface area (Å²) in [5.41, 5.74) is 4.15. The Bertz CT molecular complexity index is 1110. The minimum absolute atomic E-state index is 0.252. The van der Waals surface area contributed by atoms with Gasteiger partial charge in [-0.3, -0.25) is 4.90 Å². The number of aromatic nitrogens is 2. The Balaban J connectivity index is 1.74. The highest BCUT2D eigenvalue weighted by atomic mass is 19.1. The first kappa shape index (κ1) is 25.2. The second kappa shape index (κ2) is 11.7. The molecule has 188 valence electrons. The van der Waals surface area contributed by atoms with Crippen LogP contribution in [0.15, 0.2) is 48.5 Å². The highest BCUT2D eigenvalue weighted by molar-refractivity contribution is 5.56. The summed E-state index contributed by atoms with van der Waals surface area (Å²) in [5.74, 6) is 1.13. The van der Waals surface area contributed by atoms with Crippen molar-refractivity contribution in [3.8, 4) is 11.4 Å². The van der Waals surface area contributed by atoms with Gasteiger partial charge in [-0.05, 0) is 55.4 Å². The van der Waals surface area contributed by atoms with Gasteiger partial charge in [-0.1, -0.05) is 45.4 Å². The van der Waals surface area contributed by atoms with E-state index in [0.717, 1.165) is 88.0 Å². The number of phenolic OH excluding ortho intramolecular Hbond substituents is 1. The van der Waals surface area contributed by atoms with E-state index in [1.54, 1.807) is 18.2 Å². The van der Waals surface area contributed by atoms with Crippen LogP contribution < -0.4 is 4.90 Å². The van der Waals surface area contributed by atoms with Crippen LogP contribution in [0.1, 0.15) is 44.0 Å². The first-order chi connectivity index (χ1) is 17.0. The summed E-state index contributed by atoms with van der Waals surface area (Å²) in [6.45, 7) is 13.8. The number of likely N-dealkylation sites (N-methyl/N-ethyl adjacent to an activating group) is 1. The Morgan fingerprint density at radius 2 is 1.74 bits per heavy atom. The van der Waals surface area contributed by atoms with Gasteiger partial charge in [0.2, 0.25) is 0 Å². The summed E-state index contributed by atoms with van der Waals surface area (Å²) in [5, 5.41) is 15.0. The molecule has 0 amide bonds. The van der Waals surface area contributed by atoms with Crippen molar-refractivity contribution in [2.45, 2.75) is 46.7 Å². The third-order valence-corrected chi connectivity index (χ3v) is 6.84. The molecule has 4 rings (SSSR count). The molecule has 0 aliphatic carbocycles. The summed E-state index contributed by atoms with van der Waals surface area (Å²) in [7, 11) is 0. The van der Waals surface area contributed by atoms with Crippen LogP contribution in [0.2, 0.25) is 0 Å². The van der Waals surface area contributed by atoms with Crippen molar-refractivity contribution in [1.29, 1.82) is 0 Å². The molecule has 1 aliphatic heterocycles. The van der Waals surface area contributed by atoms with Crippen LogP contribution in [0.3, 0.4) is 0 Å². The molecule has 6 nitrogen and oxygen atoms in total. The molecule has 1 aromatic heterocycles. The third kappa shape index (κ3) is 6.03. The fourth-order valence-corrected chi connectivity index (χ4v) is 4.89. The molecule has 3 aromatic rings. The average molecular weight is 480 g/mol. The standard InChI is InChI=1S/C28H38FN5O/c1-4-9-27-26(21-32(6-3)20-22-10-7-13-25(35)18-22)28(33-16-14-31(5-2)15-17-33)34(30-27)24-12-8-11-23(29)19-24/h7-8,10-13,18-19,35H,4-6,9,14-17,20-21H2,1-3H3. The molecular weight excluding hydrogens is 441 g/mol. The van der Waals surface area contributed by atoms with E-state index in [1.165, 1.54) is 11.6 Å². The molecular formula is C28H38FN5O. The summed E-state index contributed by atoms with van der Waals surface area (Å²) >= 11 is 0. The van der Waals surface area contributed by atoms with Gasteiger partial charge in [0, 0.05) is 44.8 Å². The molecule has 2 aromatic carbocycles. The fourth-order valence-electron chi connectivity index (χ4n) is 4.89. The molecule has 1 N–H and O–H groups in total. The van der Waals surface area contributed by atoms with E-state index < -0.39 is 0 Å². The van der Waals surface area contributed by atoms with Crippen LogP contribution in [0.5, 0.6) is 5.75 Å². The zero-order valence-electron chi connectivity index (χ0n) is 21.3. The number of nitrogens with zero attached hydrogens (tertiary/aromatic N) is 5. The number of hydrogen-bond acceptors (Lipinski definition) is 5. The molecule has 2 heterocycles. The predicted molar refractivity (Wildman–Crippen MR) is 140 cm³/mol. The average Bonchev–Trinajstić information content (AvgIpc) is 3.21. The van der Waals surface area contributed by atoms with Gasteiger partial charge in [-0.2, -0.15) is 5.10 Å². The Hall–Kier alpha value is -2.90. The van der Waals surface area contributed by atoms with Gasteiger partial charge < -0.3 is 14.9 Å². The van der Waals surface area contributed by atoms with E-state index in [9.17, 15) is 9.50 Å². The lowest BCUT2D eigenvalue weighted by Crippen LogP contribution is -2.47. The SMILES string of the molecule is CCCc1nn(-c2cccc(F)c2)c(N2CCN(CC)CC2)c1CN(CC)Cc1cccc(O)c1. The summed E-state index contributed by atoms with van der Waals surface area (Å²) in [4.78, 5) is 7.28. The van der Waals surface area contributed by atoms with Crippen LogP contribution in [0.4, 0.5) is 10.2 Å². The Morgan fingerprint density at radius 1 is 0.971 bits per heavy atom. The van der Waals surface area contributed by atoms with E-state index in [1.807, 2.05) is 22.9 Å². The van der Waals surface area contributed by atoms with E-state index in [0.29, 0.717) is 5.75 Å². The van der Waals surface area contributed by atoms with Crippen molar-refractivity contribution in [2.75, 3.05) is 44.2 Å². The number of phenols is 1. The highest BCUT2D eigenvalue weighted by Crippen LogP contribution is 2.31. The number of benzene rings is 2. The second-order valence-corrected chi connectivity index (χ2v) is 9.29. The van der Waals surface area contributed by atoms with Crippen LogP contribution in [-0.4, -0.2) is 64.0 Å². The molecule has 7 heteroatoms. The van der Waals surface area contributed by atoms with Gasteiger partial charge in [0.05, 0.1) is 11.4 Å². The first-order valence-electron chi connectivity index (χ1n) is 12.9. The normalized spacial score (nSPS) is 14.7. The second-order valence-electron chi connectivity index (χ2n) is 9.29. The van der Waals surface area contributed by atoms with Crippen LogP contribution >= 0.6 is 0 Å². The lowest BCUT2D eigenvalue weighted by molar-refractivity contribution is 0.264. The van der Waals surface area contributed by atoms with Gasteiger partial charge in [0.1, 0.15) is 17.4 Å². The van der Waals surface area contributed by atoms with Crippen molar-refractivity contribution >= 4 is 5.82 Å². The molecule has 0 spiro atoms. The molecule has 0 unspecified atom stereocenters. The number of aromatic hydroxyl groups is 1. The lowest BCUT2D eigenvalue weighted by atomic mass is 10.1. The van der Waals surface area contributed by atoms with E-state index in [4.69, 9.17) is 5.10 Å². The zero-order chi connectivity index (χ0) is 24.8. The Labute approximate surface area is 208 Å². The summed E-state index contributed by atoms with van der Waals surface area (Å²) in [6.07, 6.45) is 1.87. The van der Waals surface area contributed by atoms with Crippen molar-refractivity contribution in [3.05, 3.63) is 71.2 Å². The van der Waals surface area contributed by atoms with Crippen LogP contribution in [0, 0.1) is 5.82 Å².